The Morgan fingerprint density at radius 3 is 2.93 bits per heavy atom. The predicted molar refractivity (Wildman–Crippen MR) is 107 cm³/mol. The maximum atomic E-state index is 12.6. The third-order valence-electron chi connectivity index (χ3n) is 4.59. The molecule has 0 unspecified atom stereocenters. The number of thioether (sulfide) groups is 1. The van der Waals surface area contributed by atoms with Crippen molar-refractivity contribution in [1.29, 1.82) is 0 Å². The molecule has 1 aliphatic rings. The summed E-state index contributed by atoms with van der Waals surface area (Å²) in [4.78, 5) is 28.7. The van der Waals surface area contributed by atoms with Gasteiger partial charge < -0.3 is 0 Å². The lowest BCUT2D eigenvalue weighted by atomic mass is 10.2. The van der Waals surface area contributed by atoms with Gasteiger partial charge in [-0.3, -0.25) is 14.7 Å². The Morgan fingerprint density at radius 2 is 2.15 bits per heavy atom. The van der Waals surface area contributed by atoms with Crippen LogP contribution in [0, 0.1) is 10.1 Å². The molecule has 0 spiro atoms. The fourth-order valence-electron chi connectivity index (χ4n) is 3.34. The van der Waals surface area contributed by atoms with E-state index in [1.807, 2.05) is 23.6 Å². The van der Waals surface area contributed by atoms with Crippen LogP contribution in [0.4, 0.5) is 5.69 Å². The van der Waals surface area contributed by atoms with Crippen LogP contribution in [0.2, 0.25) is 0 Å². The van der Waals surface area contributed by atoms with E-state index in [9.17, 15) is 14.9 Å². The van der Waals surface area contributed by atoms with Gasteiger partial charge >= 0.3 is 5.69 Å². The van der Waals surface area contributed by atoms with Crippen molar-refractivity contribution in [2.24, 2.45) is 0 Å². The largest absolute Gasteiger partial charge is 0.349 e. The number of hydrogen-bond donors (Lipinski definition) is 0. The molecule has 1 aromatic carbocycles. The minimum atomic E-state index is -0.393. The monoisotopic (exact) mass is 399 g/mol. The summed E-state index contributed by atoms with van der Waals surface area (Å²) in [5.74, 6) is 0.551. The Kier molecular flexibility index (Phi) is 5.09. The van der Waals surface area contributed by atoms with Crippen LogP contribution in [0.3, 0.4) is 0 Å². The second-order valence-electron chi connectivity index (χ2n) is 6.36. The number of nitrogens with zero attached hydrogens (tertiary/aromatic N) is 3. The van der Waals surface area contributed by atoms with Crippen LogP contribution in [0.25, 0.3) is 0 Å². The highest BCUT2D eigenvalue weighted by Crippen LogP contribution is 2.32. The molecule has 0 aliphatic heterocycles. The maximum absolute atomic E-state index is 12.6. The Labute approximate surface area is 164 Å². The Morgan fingerprint density at radius 1 is 1.26 bits per heavy atom. The number of thiophene rings is 1. The number of nitro benzene ring substituents is 1. The first-order valence-corrected chi connectivity index (χ1v) is 10.5. The summed E-state index contributed by atoms with van der Waals surface area (Å²) in [5, 5.41) is 13.7. The normalized spacial score (nSPS) is 12.9. The molecule has 27 heavy (non-hydrogen) atoms. The molecule has 0 amide bonds. The maximum Gasteiger partial charge on any atom is 0.349 e. The van der Waals surface area contributed by atoms with Gasteiger partial charge in [0, 0.05) is 34.0 Å². The fourth-order valence-corrected chi connectivity index (χ4v) is 5.05. The molecular weight excluding hydrogens is 382 g/mol. The predicted octanol–water partition coefficient (Wildman–Crippen LogP) is 4.04. The molecule has 2 heterocycles. The molecule has 3 aromatic rings. The van der Waals surface area contributed by atoms with E-state index in [4.69, 9.17) is 0 Å². The molecule has 8 heteroatoms. The Hall–Kier alpha value is -2.45. The van der Waals surface area contributed by atoms with Gasteiger partial charge in [0.1, 0.15) is 5.03 Å². The van der Waals surface area contributed by atoms with E-state index in [0.717, 1.165) is 46.0 Å². The molecule has 6 nitrogen and oxygen atoms in total. The van der Waals surface area contributed by atoms with Gasteiger partial charge in [0.15, 0.2) is 0 Å². The first-order valence-electron chi connectivity index (χ1n) is 8.63. The number of rotatable bonds is 6. The van der Waals surface area contributed by atoms with E-state index in [-0.39, 0.29) is 11.4 Å². The summed E-state index contributed by atoms with van der Waals surface area (Å²) in [5.41, 5.74) is 2.96. The van der Waals surface area contributed by atoms with Crippen LogP contribution in [0.5, 0.6) is 0 Å². The molecule has 138 valence electrons. The van der Waals surface area contributed by atoms with E-state index in [2.05, 4.69) is 4.98 Å². The first-order chi connectivity index (χ1) is 13.1. The summed E-state index contributed by atoms with van der Waals surface area (Å²) in [6, 6.07) is 10.6. The Balaban J connectivity index is 1.60. The summed E-state index contributed by atoms with van der Waals surface area (Å²) in [6.07, 6.45) is 2.84. The number of benzene rings is 1. The van der Waals surface area contributed by atoms with Crippen LogP contribution in [0.1, 0.15) is 28.1 Å². The van der Waals surface area contributed by atoms with Gasteiger partial charge in [-0.25, -0.2) is 4.79 Å². The highest BCUT2D eigenvalue weighted by atomic mass is 32.2. The van der Waals surface area contributed by atoms with Gasteiger partial charge in [-0.1, -0.05) is 18.2 Å². The van der Waals surface area contributed by atoms with Crippen molar-refractivity contribution in [3.05, 3.63) is 84.1 Å². The van der Waals surface area contributed by atoms with Crippen LogP contribution >= 0.6 is 23.1 Å². The number of hydrogen-bond acceptors (Lipinski definition) is 6. The number of fused-ring (bicyclic) bond motifs is 1. The molecule has 0 fully saturated rings. The molecular formula is C19H17N3O3S2. The van der Waals surface area contributed by atoms with Gasteiger partial charge in [-0.2, -0.15) is 4.98 Å². The lowest BCUT2D eigenvalue weighted by Gasteiger charge is -2.13. The summed E-state index contributed by atoms with van der Waals surface area (Å²) < 4.78 is 1.80. The van der Waals surface area contributed by atoms with Crippen molar-refractivity contribution in [2.75, 3.05) is 0 Å². The van der Waals surface area contributed by atoms with Crippen LogP contribution < -0.4 is 5.69 Å². The van der Waals surface area contributed by atoms with Crippen molar-refractivity contribution in [2.45, 2.75) is 36.6 Å². The number of aromatic nitrogens is 2. The van der Waals surface area contributed by atoms with Crippen molar-refractivity contribution >= 4 is 28.8 Å². The SMILES string of the molecule is O=c1nc(SCc2cccc([N+](=O)[O-])c2)c2c(n1Cc1cccs1)CCC2. The molecule has 0 atom stereocenters. The van der Waals surface area contributed by atoms with Gasteiger partial charge in [0.05, 0.1) is 11.5 Å². The third-order valence-corrected chi connectivity index (χ3v) is 6.54. The minimum absolute atomic E-state index is 0.0812. The molecule has 2 aromatic heterocycles. The smallest absolute Gasteiger partial charge is 0.291 e. The fraction of sp³-hybridized carbons (Fsp3) is 0.263. The molecule has 4 rings (SSSR count). The molecule has 0 saturated heterocycles. The number of non-ortho nitro benzene ring substituents is 1. The average Bonchev–Trinajstić information content (AvgIpc) is 3.34. The molecule has 0 N–H and O–H groups in total. The molecule has 0 radical (unpaired) electrons. The van der Waals surface area contributed by atoms with E-state index in [1.54, 1.807) is 28.0 Å². The number of nitro groups is 1. The van der Waals surface area contributed by atoms with Gasteiger partial charge in [0.2, 0.25) is 0 Å². The van der Waals surface area contributed by atoms with Crippen molar-refractivity contribution in [3.8, 4) is 0 Å². The third kappa shape index (κ3) is 3.81. The highest BCUT2D eigenvalue weighted by Gasteiger charge is 2.22. The zero-order valence-electron chi connectivity index (χ0n) is 14.5. The van der Waals surface area contributed by atoms with Gasteiger partial charge in [-0.05, 0) is 36.3 Å². The summed E-state index contributed by atoms with van der Waals surface area (Å²) >= 11 is 3.13. The van der Waals surface area contributed by atoms with Gasteiger partial charge in [-0.15, -0.1) is 23.1 Å². The quantitative estimate of drug-likeness (QED) is 0.270. The zero-order chi connectivity index (χ0) is 18.8. The van der Waals surface area contributed by atoms with E-state index in [1.165, 1.54) is 17.8 Å². The highest BCUT2D eigenvalue weighted by molar-refractivity contribution is 7.98. The second-order valence-corrected chi connectivity index (χ2v) is 8.36. The summed E-state index contributed by atoms with van der Waals surface area (Å²) in [7, 11) is 0. The van der Waals surface area contributed by atoms with Gasteiger partial charge in [0.25, 0.3) is 5.69 Å². The lowest BCUT2D eigenvalue weighted by Crippen LogP contribution is -2.27. The van der Waals surface area contributed by atoms with Crippen LogP contribution in [-0.4, -0.2) is 14.5 Å². The second kappa shape index (κ2) is 7.66. The van der Waals surface area contributed by atoms with Crippen molar-refractivity contribution < 1.29 is 4.92 Å². The van der Waals surface area contributed by atoms with Crippen molar-refractivity contribution in [1.82, 2.24) is 9.55 Å². The van der Waals surface area contributed by atoms with E-state index >= 15 is 0 Å². The summed E-state index contributed by atoms with van der Waals surface area (Å²) in [6.45, 7) is 0.571. The van der Waals surface area contributed by atoms with Crippen LogP contribution in [-0.2, 0) is 25.1 Å². The standard InChI is InChI=1S/C19H17N3O3S2/c23-19-20-18(27-12-13-4-1-5-14(10-13)22(24)25)16-7-2-8-17(16)21(19)11-15-6-3-9-26-15/h1,3-6,9-10H,2,7-8,11-12H2. The van der Waals surface area contributed by atoms with Crippen LogP contribution in [0.15, 0.2) is 51.6 Å². The van der Waals surface area contributed by atoms with E-state index in [0.29, 0.717) is 12.3 Å². The first kappa shape index (κ1) is 17.9. The van der Waals surface area contributed by atoms with Crippen molar-refractivity contribution in [3.63, 3.8) is 0 Å². The molecule has 0 saturated carbocycles. The molecule has 0 bridgehead atoms. The van der Waals surface area contributed by atoms with E-state index < -0.39 is 4.92 Å². The average molecular weight is 399 g/mol. The lowest BCUT2D eigenvalue weighted by molar-refractivity contribution is -0.384. The molecule has 1 aliphatic carbocycles. The zero-order valence-corrected chi connectivity index (χ0v) is 16.1. The minimum Gasteiger partial charge on any atom is -0.291 e. The Bertz CT molecular complexity index is 1040. The topological polar surface area (TPSA) is 78.0 Å².